The van der Waals surface area contributed by atoms with Gasteiger partial charge >= 0.3 is 0 Å². The molecule has 1 heterocycles. The van der Waals surface area contributed by atoms with Crippen molar-refractivity contribution in [1.29, 1.82) is 0 Å². The average molecular weight is 261 g/mol. The number of nitrogens with two attached hydrogens (primary N) is 1. The van der Waals surface area contributed by atoms with Crippen LogP contribution in [0.5, 0.6) is 0 Å². The van der Waals surface area contributed by atoms with E-state index in [1.807, 2.05) is 12.1 Å². The highest BCUT2D eigenvalue weighted by Gasteiger charge is 2.16. The molecule has 0 spiro atoms. The van der Waals surface area contributed by atoms with E-state index < -0.39 is 0 Å². The molecule has 1 saturated heterocycles. The van der Waals surface area contributed by atoms with Gasteiger partial charge < -0.3 is 16.0 Å². The van der Waals surface area contributed by atoms with Crippen LogP contribution in [0, 0.1) is 5.92 Å². The van der Waals surface area contributed by atoms with Gasteiger partial charge in [-0.05, 0) is 37.4 Å². The van der Waals surface area contributed by atoms with Crippen molar-refractivity contribution < 1.29 is 4.79 Å². The number of nitrogens with zero attached hydrogens (tertiary/aromatic N) is 1. The maximum absolute atomic E-state index is 12.0. The van der Waals surface area contributed by atoms with Gasteiger partial charge in [-0.2, -0.15) is 0 Å². The molecule has 19 heavy (non-hydrogen) atoms. The van der Waals surface area contributed by atoms with Crippen LogP contribution >= 0.6 is 0 Å². The van der Waals surface area contributed by atoms with Crippen LogP contribution in [0.2, 0.25) is 0 Å². The number of benzene rings is 1. The van der Waals surface area contributed by atoms with E-state index in [9.17, 15) is 4.79 Å². The number of likely N-dealkylation sites (tertiary alicyclic amines) is 1. The normalized spacial score (nSPS) is 20.2. The fourth-order valence-corrected chi connectivity index (χ4v) is 2.62. The van der Waals surface area contributed by atoms with Crippen molar-refractivity contribution in [2.45, 2.75) is 19.8 Å². The maximum Gasteiger partial charge on any atom is 0.253 e. The summed E-state index contributed by atoms with van der Waals surface area (Å²) in [6.07, 6.45) is 2.59. The van der Waals surface area contributed by atoms with Crippen molar-refractivity contribution in [3.8, 4) is 0 Å². The molecule has 104 valence electrons. The monoisotopic (exact) mass is 261 g/mol. The molecule has 0 aromatic heterocycles. The lowest BCUT2D eigenvalue weighted by atomic mass is 10.0. The predicted octanol–water partition coefficient (Wildman–Crippen LogP) is 1.73. The molecule has 1 aromatic carbocycles. The third-order valence-corrected chi connectivity index (χ3v) is 3.66. The van der Waals surface area contributed by atoms with Gasteiger partial charge in [-0.1, -0.05) is 19.1 Å². The quantitative estimate of drug-likeness (QED) is 0.812. The Morgan fingerprint density at radius 1 is 1.47 bits per heavy atom. The first-order valence-corrected chi connectivity index (χ1v) is 7.02. The number of hydrogen-bond acceptors (Lipinski definition) is 3. The highest BCUT2D eigenvalue weighted by atomic mass is 16.1. The van der Waals surface area contributed by atoms with Gasteiger partial charge in [-0.3, -0.25) is 4.79 Å². The van der Waals surface area contributed by atoms with Crippen LogP contribution in [0.25, 0.3) is 0 Å². The summed E-state index contributed by atoms with van der Waals surface area (Å²) in [6.45, 7) is 6.18. The SMILES string of the molecule is CC1CCCN(CCNC(=O)c2ccccc2N)C1. The van der Waals surface area contributed by atoms with Crippen LogP contribution in [0.15, 0.2) is 24.3 Å². The zero-order chi connectivity index (χ0) is 13.7. The summed E-state index contributed by atoms with van der Waals surface area (Å²) in [5, 5.41) is 2.94. The molecule has 2 rings (SSSR count). The molecule has 1 aromatic rings. The first kappa shape index (κ1) is 13.9. The Morgan fingerprint density at radius 2 is 2.26 bits per heavy atom. The highest BCUT2D eigenvalue weighted by Crippen LogP contribution is 2.14. The second kappa shape index (κ2) is 6.57. The van der Waals surface area contributed by atoms with Crippen molar-refractivity contribution in [1.82, 2.24) is 10.2 Å². The van der Waals surface area contributed by atoms with E-state index in [0.29, 0.717) is 17.8 Å². The molecule has 0 radical (unpaired) electrons. The van der Waals surface area contributed by atoms with Gasteiger partial charge in [0, 0.05) is 25.3 Å². The minimum atomic E-state index is -0.0804. The Bertz CT molecular complexity index is 433. The van der Waals surface area contributed by atoms with Crippen molar-refractivity contribution in [2.24, 2.45) is 5.92 Å². The Hall–Kier alpha value is -1.55. The van der Waals surface area contributed by atoms with Gasteiger partial charge in [-0.15, -0.1) is 0 Å². The second-order valence-corrected chi connectivity index (χ2v) is 5.39. The molecular formula is C15H23N3O. The summed E-state index contributed by atoms with van der Waals surface area (Å²) in [5.41, 5.74) is 6.88. The lowest BCUT2D eigenvalue weighted by Crippen LogP contribution is -2.40. The highest BCUT2D eigenvalue weighted by molar-refractivity contribution is 5.99. The van der Waals surface area contributed by atoms with Crippen molar-refractivity contribution in [2.75, 3.05) is 31.9 Å². The molecule has 0 bridgehead atoms. The molecule has 3 N–H and O–H groups in total. The summed E-state index contributed by atoms with van der Waals surface area (Å²) in [7, 11) is 0. The number of para-hydroxylation sites is 1. The van der Waals surface area contributed by atoms with Crippen LogP contribution in [0.1, 0.15) is 30.1 Å². The van der Waals surface area contributed by atoms with Gasteiger partial charge in [0.05, 0.1) is 5.56 Å². The topological polar surface area (TPSA) is 58.4 Å². The number of piperidine rings is 1. The zero-order valence-corrected chi connectivity index (χ0v) is 11.6. The van der Waals surface area contributed by atoms with E-state index in [1.54, 1.807) is 12.1 Å². The van der Waals surface area contributed by atoms with Crippen LogP contribution < -0.4 is 11.1 Å². The number of nitrogens with one attached hydrogen (secondary N) is 1. The first-order valence-electron chi connectivity index (χ1n) is 7.02. The van der Waals surface area contributed by atoms with Gasteiger partial charge in [0.2, 0.25) is 0 Å². The number of hydrogen-bond donors (Lipinski definition) is 2. The Kier molecular flexibility index (Phi) is 4.80. The number of anilines is 1. The van der Waals surface area contributed by atoms with E-state index in [-0.39, 0.29) is 5.91 Å². The molecule has 4 heteroatoms. The molecule has 1 atom stereocenters. The molecule has 0 aliphatic carbocycles. The fourth-order valence-electron chi connectivity index (χ4n) is 2.62. The van der Waals surface area contributed by atoms with Gasteiger partial charge in [0.1, 0.15) is 0 Å². The molecule has 0 saturated carbocycles. The molecule has 1 aliphatic rings. The molecule has 1 amide bonds. The summed E-state index contributed by atoms with van der Waals surface area (Å²) < 4.78 is 0. The van der Waals surface area contributed by atoms with E-state index in [2.05, 4.69) is 17.1 Å². The fraction of sp³-hybridized carbons (Fsp3) is 0.533. The van der Waals surface area contributed by atoms with Crippen LogP contribution in [0.4, 0.5) is 5.69 Å². The van der Waals surface area contributed by atoms with Crippen LogP contribution in [-0.4, -0.2) is 37.0 Å². The van der Waals surface area contributed by atoms with Gasteiger partial charge in [0.25, 0.3) is 5.91 Å². The molecule has 1 unspecified atom stereocenters. The summed E-state index contributed by atoms with van der Waals surface area (Å²) in [5.74, 6) is 0.692. The van der Waals surface area contributed by atoms with Gasteiger partial charge in [-0.25, -0.2) is 0 Å². The predicted molar refractivity (Wildman–Crippen MR) is 78.0 cm³/mol. The summed E-state index contributed by atoms with van der Waals surface area (Å²) in [6, 6.07) is 7.17. The second-order valence-electron chi connectivity index (χ2n) is 5.39. The lowest BCUT2D eigenvalue weighted by Gasteiger charge is -2.30. The minimum Gasteiger partial charge on any atom is -0.398 e. The Balaban J connectivity index is 1.76. The summed E-state index contributed by atoms with van der Waals surface area (Å²) >= 11 is 0. The minimum absolute atomic E-state index is 0.0804. The average Bonchev–Trinajstić information content (AvgIpc) is 2.39. The lowest BCUT2D eigenvalue weighted by molar-refractivity contribution is 0.0944. The molecule has 1 fully saturated rings. The number of carbonyl (C=O) groups is 1. The maximum atomic E-state index is 12.0. The standard InChI is InChI=1S/C15H23N3O/c1-12-5-4-9-18(11-12)10-8-17-15(19)13-6-2-3-7-14(13)16/h2-3,6-7,12H,4-5,8-11,16H2,1H3,(H,17,19). The van der Waals surface area contributed by atoms with E-state index in [0.717, 1.165) is 25.6 Å². The third kappa shape index (κ3) is 3.96. The first-order chi connectivity index (χ1) is 9.16. The van der Waals surface area contributed by atoms with Crippen LogP contribution in [-0.2, 0) is 0 Å². The number of nitrogen functional groups attached to an aromatic ring is 1. The van der Waals surface area contributed by atoms with E-state index >= 15 is 0 Å². The smallest absolute Gasteiger partial charge is 0.253 e. The zero-order valence-electron chi connectivity index (χ0n) is 11.6. The Morgan fingerprint density at radius 3 is 3.00 bits per heavy atom. The van der Waals surface area contributed by atoms with Crippen LogP contribution in [0.3, 0.4) is 0 Å². The van der Waals surface area contributed by atoms with Crippen molar-refractivity contribution in [3.05, 3.63) is 29.8 Å². The largest absolute Gasteiger partial charge is 0.398 e. The number of carbonyl (C=O) groups excluding carboxylic acids is 1. The van der Waals surface area contributed by atoms with Crippen molar-refractivity contribution in [3.63, 3.8) is 0 Å². The Labute approximate surface area is 115 Å². The molecular weight excluding hydrogens is 238 g/mol. The van der Waals surface area contributed by atoms with Gasteiger partial charge in [0.15, 0.2) is 0 Å². The number of rotatable bonds is 4. The summed E-state index contributed by atoms with van der Waals surface area (Å²) in [4.78, 5) is 14.4. The molecule has 4 nitrogen and oxygen atoms in total. The third-order valence-electron chi connectivity index (χ3n) is 3.66. The van der Waals surface area contributed by atoms with E-state index in [1.165, 1.54) is 12.8 Å². The van der Waals surface area contributed by atoms with Crippen molar-refractivity contribution >= 4 is 11.6 Å². The van der Waals surface area contributed by atoms with E-state index in [4.69, 9.17) is 5.73 Å². The molecule has 1 aliphatic heterocycles. The number of amides is 1.